The van der Waals surface area contributed by atoms with E-state index in [1.54, 1.807) is 18.2 Å². The summed E-state index contributed by atoms with van der Waals surface area (Å²) < 4.78 is 10.6. The molecule has 28 heavy (non-hydrogen) atoms. The first kappa shape index (κ1) is 18.7. The molecule has 3 heterocycles. The van der Waals surface area contributed by atoms with E-state index in [0.717, 1.165) is 12.8 Å². The number of hydrogen-bond acceptors (Lipinski definition) is 7. The van der Waals surface area contributed by atoms with Crippen molar-refractivity contribution in [1.29, 1.82) is 0 Å². The maximum Gasteiger partial charge on any atom is 0.286 e. The van der Waals surface area contributed by atoms with Crippen molar-refractivity contribution in [3.8, 4) is 11.5 Å². The van der Waals surface area contributed by atoms with Crippen molar-refractivity contribution in [1.82, 2.24) is 15.1 Å². The molecule has 1 aromatic carbocycles. The minimum atomic E-state index is -0.452. The lowest BCUT2D eigenvalue weighted by Gasteiger charge is -2.29. The molecule has 2 amide bonds. The highest BCUT2D eigenvalue weighted by molar-refractivity contribution is 7.13. The fraction of sp³-hybridized carbons (Fsp3) is 0.474. The van der Waals surface area contributed by atoms with Crippen LogP contribution in [-0.2, 0) is 4.79 Å². The van der Waals surface area contributed by atoms with Gasteiger partial charge in [0, 0.05) is 23.7 Å². The predicted octanol–water partition coefficient (Wildman–Crippen LogP) is 3.23. The summed E-state index contributed by atoms with van der Waals surface area (Å²) in [6.07, 6.45) is 1.75. The Labute approximate surface area is 166 Å². The summed E-state index contributed by atoms with van der Waals surface area (Å²) in [6, 6.07) is 5.09. The normalized spacial score (nSPS) is 18.4. The molecule has 2 aliphatic rings. The summed E-state index contributed by atoms with van der Waals surface area (Å²) in [5.74, 6) is 1.00. The van der Waals surface area contributed by atoms with Crippen LogP contribution < -0.4 is 14.8 Å². The van der Waals surface area contributed by atoms with E-state index >= 15 is 0 Å². The van der Waals surface area contributed by atoms with Gasteiger partial charge in [0.05, 0.1) is 6.04 Å². The zero-order chi connectivity index (χ0) is 19.9. The maximum atomic E-state index is 12.7. The number of amides is 2. The van der Waals surface area contributed by atoms with Gasteiger partial charge >= 0.3 is 0 Å². The van der Waals surface area contributed by atoms with Gasteiger partial charge in [-0.2, -0.15) is 0 Å². The molecule has 1 atom stereocenters. The van der Waals surface area contributed by atoms with Crippen LogP contribution in [0.3, 0.4) is 0 Å². The van der Waals surface area contributed by atoms with Crippen LogP contribution in [0.1, 0.15) is 54.5 Å². The number of carbonyl (C=O) groups is 2. The van der Waals surface area contributed by atoms with Gasteiger partial charge in [-0.1, -0.05) is 32.1 Å². The minimum absolute atomic E-state index is 0.0940. The number of likely N-dealkylation sites (tertiary alicyclic amines) is 1. The van der Waals surface area contributed by atoms with Crippen molar-refractivity contribution in [2.24, 2.45) is 5.41 Å². The van der Waals surface area contributed by atoms with E-state index in [9.17, 15) is 9.59 Å². The molecule has 0 saturated carbocycles. The number of anilines is 1. The highest BCUT2D eigenvalue weighted by Gasteiger charge is 2.37. The molecule has 1 aromatic heterocycles. The SMILES string of the molecule is CC(C)(C)C(=O)N1CCC[C@@H]1c1nnc(C(=O)Nc2ccc3c(c2)OCO3)s1. The Hall–Kier alpha value is -2.68. The molecular weight excluding hydrogens is 380 g/mol. The molecule has 1 saturated heterocycles. The quantitative estimate of drug-likeness (QED) is 0.847. The first-order valence-corrected chi connectivity index (χ1v) is 10.00. The maximum absolute atomic E-state index is 12.7. The number of aromatic nitrogens is 2. The van der Waals surface area contributed by atoms with Crippen molar-refractivity contribution >= 4 is 28.8 Å². The van der Waals surface area contributed by atoms with E-state index in [1.807, 2.05) is 25.7 Å². The number of fused-ring (bicyclic) bond motifs is 1. The van der Waals surface area contributed by atoms with E-state index in [-0.39, 0.29) is 29.7 Å². The minimum Gasteiger partial charge on any atom is -0.454 e. The first-order chi connectivity index (χ1) is 13.3. The zero-order valence-electron chi connectivity index (χ0n) is 16.0. The lowest BCUT2D eigenvalue weighted by atomic mass is 9.94. The van der Waals surface area contributed by atoms with Gasteiger partial charge in [0.25, 0.3) is 5.91 Å². The van der Waals surface area contributed by atoms with Crippen LogP contribution in [0.4, 0.5) is 5.69 Å². The number of benzene rings is 1. The molecular formula is C19H22N4O4S. The summed E-state index contributed by atoms with van der Waals surface area (Å²) >= 11 is 1.23. The van der Waals surface area contributed by atoms with Crippen LogP contribution in [0.25, 0.3) is 0 Å². The Morgan fingerprint density at radius 2 is 2.00 bits per heavy atom. The molecule has 0 spiro atoms. The number of carbonyl (C=O) groups excluding carboxylic acids is 2. The number of nitrogens with one attached hydrogen (secondary N) is 1. The third-order valence-corrected chi connectivity index (χ3v) is 5.73. The molecule has 1 fully saturated rings. The van der Waals surface area contributed by atoms with Crippen molar-refractivity contribution in [2.45, 2.75) is 39.7 Å². The standard InChI is InChI=1S/C19H22N4O4S/c1-19(2,3)18(25)23-8-4-5-12(23)16-21-22-17(28-16)15(24)20-11-6-7-13-14(9-11)27-10-26-13/h6-7,9,12H,4-5,8,10H2,1-3H3,(H,20,24)/t12-/m1/s1. The Bertz CT molecular complexity index is 921. The molecule has 8 nitrogen and oxygen atoms in total. The Morgan fingerprint density at radius 1 is 1.21 bits per heavy atom. The fourth-order valence-electron chi connectivity index (χ4n) is 3.32. The summed E-state index contributed by atoms with van der Waals surface area (Å²) in [6.45, 7) is 6.62. The average Bonchev–Trinajstić information content (AvgIpc) is 3.38. The molecule has 2 aliphatic heterocycles. The summed E-state index contributed by atoms with van der Waals surface area (Å²) in [5.41, 5.74) is 0.142. The molecule has 0 aliphatic carbocycles. The van der Waals surface area contributed by atoms with Crippen molar-refractivity contribution in [3.63, 3.8) is 0 Å². The van der Waals surface area contributed by atoms with Crippen LogP contribution in [0, 0.1) is 5.41 Å². The van der Waals surface area contributed by atoms with Crippen molar-refractivity contribution in [3.05, 3.63) is 28.2 Å². The topological polar surface area (TPSA) is 93.7 Å². The van der Waals surface area contributed by atoms with Gasteiger partial charge in [-0.15, -0.1) is 10.2 Å². The molecule has 0 bridgehead atoms. The molecule has 0 unspecified atom stereocenters. The zero-order valence-corrected chi connectivity index (χ0v) is 16.8. The molecule has 1 N–H and O–H groups in total. The smallest absolute Gasteiger partial charge is 0.286 e. The summed E-state index contributed by atoms with van der Waals surface area (Å²) in [5, 5.41) is 12.0. The Balaban J connectivity index is 1.48. The third-order valence-electron chi connectivity index (χ3n) is 4.71. The fourth-order valence-corrected chi connectivity index (χ4v) is 4.20. The van der Waals surface area contributed by atoms with Crippen LogP contribution in [0.15, 0.2) is 18.2 Å². The highest BCUT2D eigenvalue weighted by atomic mass is 32.1. The molecule has 9 heteroatoms. The average molecular weight is 402 g/mol. The number of hydrogen-bond donors (Lipinski definition) is 1. The number of rotatable bonds is 3. The first-order valence-electron chi connectivity index (χ1n) is 9.18. The van der Waals surface area contributed by atoms with Gasteiger partial charge in [-0.3, -0.25) is 9.59 Å². The largest absolute Gasteiger partial charge is 0.454 e. The van der Waals surface area contributed by atoms with Gasteiger partial charge in [-0.05, 0) is 25.0 Å². The number of ether oxygens (including phenoxy) is 2. The van der Waals surface area contributed by atoms with Crippen molar-refractivity contribution < 1.29 is 19.1 Å². The monoisotopic (exact) mass is 402 g/mol. The second kappa shape index (κ2) is 7.05. The summed E-state index contributed by atoms with van der Waals surface area (Å²) in [7, 11) is 0. The van der Waals surface area contributed by atoms with E-state index in [4.69, 9.17) is 9.47 Å². The van der Waals surface area contributed by atoms with E-state index in [2.05, 4.69) is 15.5 Å². The molecule has 2 aromatic rings. The van der Waals surface area contributed by atoms with E-state index in [0.29, 0.717) is 28.7 Å². The molecule has 4 rings (SSSR count). The molecule has 0 radical (unpaired) electrons. The Morgan fingerprint density at radius 3 is 2.79 bits per heavy atom. The lowest BCUT2D eigenvalue weighted by molar-refractivity contribution is -0.140. The van der Waals surface area contributed by atoms with Gasteiger partial charge in [0.1, 0.15) is 5.01 Å². The summed E-state index contributed by atoms with van der Waals surface area (Å²) in [4.78, 5) is 27.1. The van der Waals surface area contributed by atoms with E-state index < -0.39 is 5.41 Å². The second-order valence-corrected chi connectivity index (χ2v) is 8.88. The highest BCUT2D eigenvalue weighted by Crippen LogP contribution is 2.37. The van der Waals surface area contributed by atoms with Crippen LogP contribution >= 0.6 is 11.3 Å². The van der Waals surface area contributed by atoms with Crippen LogP contribution in [0.2, 0.25) is 0 Å². The van der Waals surface area contributed by atoms with Crippen molar-refractivity contribution in [2.75, 3.05) is 18.7 Å². The Kier molecular flexibility index (Phi) is 4.70. The lowest BCUT2D eigenvalue weighted by Crippen LogP contribution is -2.38. The van der Waals surface area contributed by atoms with E-state index in [1.165, 1.54) is 11.3 Å². The van der Waals surface area contributed by atoms with Crippen LogP contribution in [-0.4, -0.2) is 40.2 Å². The predicted molar refractivity (Wildman–Crippen MR) is 104 cm³/mol. The van der Waals surface area contributed by atoms with Gasteiger partial charge in [0.15, 0.2) is 11.5 Å². The second-order valence-electron chi connectivity index (χ2n) is 7.87. The number of nitrogens with zero attached hydrogens (tertiary/aromatic N) is 3. The van der Waals surface area contributed by atoms with Gasteiger partial charge in [0.2, 0.25) is 17.7 Å². The van der Waals surface area contributed by atoms with Crippen LogP contribution in [0.5, 0.6) is 11.5 Å². The van der Waals surface area contributed by atoms with Gasteiger partial charge < -0.3 is 19.7 Å². The third kappa shape index (κ3) is 3.54. The van der Waals surface area contributed by atoms with Gasteiger partial charge in [-0.25, -0.2) is 0 Å². The molecule has 148 valence electrons.